The fourth-order valence-corrected chi connectivity index (χ4v) is 2.06. The summed E-state index contributed by atoms with van der Waals surface area (Å²) < 4.78 is 15.4. The Hall–Kier alpha value is -2.64. The van der Waals surface area contributed by atoms with Crippen LogP contribution in [0.2, 0.25) is 0 Å². The van der Waals surface area contributed by atoms with E-state index in [0.717, 1.165) is 0 Å². The van der Waals surface area contributed by atoms with E-state index in [4.69, 9.17) is 13.9 Å². The van der Waals surface area contributed by atoms with Gasteiger partial charge in [-0.2, -0.15) is 0 Å². The van der Waals surface area contributed by atoms with Crippen LogP contribution in [-0.4, -0.2) is 43.4 Å². The Bertz CT molecular complexity index is 643. The van der Waals surface area contributed by atoms with E-state index in [2.05, 4.69) is 5.32 Å². The van der Waals surface area contributed by atoms with Gasteiger partial charge in [0.15, 0.2) is 0 Å². The second-order valence-electron chi connectivity index (χ2n) is 5.19. The minimum atomic E-state index is -0.266. The first-order valence-corrected chi connectivity index (χ1v) is 8.02. The number of benzene rings is 1. The van der Waals surface area contributed by atoms with Gasteiger partial charge in [-0.1, -0.05) is 18.2 Å². The highest BCUT2D eigenvalue weighted by molar-refractivity contribution is 5.95. The molecule has 0 radical (unpaired) electrons. The minimum absolute atomic E-state index is 0.0304. The van der Waals surface area contributed by atoms with Gasteiger partial charge in [0, 0.05) is 25.3 Å². The lowest BCUT2D eigenvalue weighted by Crippen LogP contribution is -2.35. The number of nitrogens with zero attached hydrogens (tertiary/aromatic N) is 1. The highest BCUT2D eigenvalue weighted by atomic mass is 16.7. The third-order valence-electron chi connectivity index (χ3n) is 3.34. The van der Waals surface area contributed by atoms with Crippen molar-refractivity contribution >= 4 is 17.5 Å². The van der Waals surface area contributed by atoms with Crippen molar-refractivity contribution in [1.29, 1.82) is 0 Å². The van der Waals surface area contributed by atoms with Gasteiger partial charge in [0.2, 0.25) is 5.91 Å². The van der Waals surface area contributed by atoms with Gasteiger partial charge in [0.1, 0.15) is 19.8 Å². The van der Waals surface area contributed by atoms with Crippen LogP contribution in [0.5, 0.6) is 0 Å². The topological polar surface area (TPSA) is 81.0 Å². The first-order chi connectivity index (χ1) is 12.2. The van der Waals surface area contributed by atoms with Gasteiger partial charge in [-0.3, -0.25) is 9.59 Å². The summed E-state index contributed by atoms with van der Waals surface area (Å²) in [6, 6.07) is 10.7. The summed E-state index contributed by atoms with van der Waals surface area (Å²) in [5.41, 5.74) is 1.12. The SMILES string of the molecule is CCOCOCN(CCC(=O)Nc1ccccc1)C(=O)c1ccoc1. The lowest BCUT2D eigenvalue weighted by atomic mass is 10.2. The second kappa shape index (κ2) is 10.3. The molecule has 2 amide bonds. The van der Waals surface area contributed by atoms with E-state index in [-0.39, 0.29) is 38.3 Å². The van der Waals surface area contributed by atoms with E-state index in [1.54, 1.807) is 18.2 Å². The maximum Gasteiger partial charge on any atom is 0.258 e. The Labute approximate surface area is 146 Å². The number of hydrogen-bond donors (Lipinski definition) is 1. The summed E-state index contributed by atoms with van der Waals surface area (Å²) >= 11 is 0. The van der Waals surface area contributed by atoms with Crippen LogP contribution in [0.3, 0.4) is 0 Å². The average Bonchev–Trinajstić information content (AvgIpc) is 3.16. The van der Waals surface area contributed by atoms with Crippen LogP contribution in [0.25, 0.3) is 0 Å². The van der Waals surface area contributed by atoms with Crippen LogP contribution >= 0.6 is 0 Å². The maximum atomic E-state index is 12.5. The van der Waals surface area contributed by atoms with Gasteiger partial charge in [-0.15, -0.1) is 0 Å². The molecule has 0 unspecified atom stereocenters. The number of carbonyl (C=O) groups is 2. The van der Waals surface area contributed by atoms with Gasteiger partial charge < -0.3 is 24.1 Å². The molecule has 0 saturated heterocycles. The van der Waals surface area contributed by atoms with Crippen LogP contribution in [0.1, 0.15) is 23.7 Å². The number of amides is 2. The first kappa shape index (κ1) is 18.7. The predicted octanol–water partition coefficient (Wildman–Crippen LogP) is 2.72. The minimum Gasteiger partial charge on any atom is -0.472 e. The van der Waals surface area contributed by atoms with Crippen molar-refractivity contribution in [2.75, 3.05) is 32.0 Å². The van der Waals surface area contributed by atoms with Gasteiger partial charge in [-0.05, 0) is 25.1 Å². The molecule has 2 rings (SSSR count). The van der Waals surface area contributed by atoms with Crippen molar-refractivity contribution in [3.05, 3.63) is 54.5 Å². The standard InChI is InChI=1S/C18H22N2O5/c1-2-23-14-25-13-20(18(22)15-9-11-24-12-15)10-8-17(21)19-16-6-4-3-5-7-16/h3-7,9,11-12H,2,8,10,13-14H2,1H3,(H,19,21). The average molecular weight is 346 g/mol. The number of para-hydroxylation sites is 1. The molecule has 0 bridgehead atoms. The van der Waals surface area contributed by atoms with Crippen LogP contribution in [0.15, 0.2) is 53.3 Å². The number of furan rings is 1. The summed E-state index contributed by atoms with van der Waals surface area (Å²) in [4.78, 5) is 26.0. The maximum absolute atomic E-state index is 12.5. The molecule has 1 aromatic carbocycles. The Morgan fingerprint density at radius 1 is 1.16 bits per heavy atom. The first-order valence-electron chi connectivity index (χ1n) is 8.02. The Morgan fingerprint density at radius 3 is 2.64 bits per heavy atom. The largest absolute Gasteiger partial charge is 0.472 e. The highest BCUT2D eigenvalue weighted by Gasteiger charge is 2.18. The molecule has 25 heavy (non-hydrogen) atoms. The Balaban J connectivity index is 1.88. The molecule has 0 atom stereocenters. The van der Waals surface area contributed by atoms with Crippen molar-refractivity contribution in [1.82, 2.24) is 4.90 Å². The van der Waals surface area contributed by atoms with E-state index >= 15 is 0 Å². The molecular weight excluding hydrogens is 324 g/mol. The van der Waals surface area contributed by atoms with Crippen molar-refractivity contribution in [3.8, 4) is 0 Å². The summed E-state index contributed by atoms with van der Waals surface area (Å²) in [6.07, 6.45) is 2.94. The molecule has 1 N–H and O–H groups in total. The fraction of sp³-hybridized carbons (Fsp3) is 0.333. The number of anilines is 1. The van der Waals surface area contributed by atoms with E-state index in [9.17, 15) is 9.59 Å². The molecule has 1 heterocycles. The van der Waals surface area contributed by atoms with E-state index in [1.807, 2.05) is 25.1 Å². The van der Waals surface area contributed by atoms with Gasteiger partial charge in [-0.25, -0.2) is 0 Å². The van der Waals surface area contributed by atoms with Crippen LogP contribution < -0.4 is 5.32 Å². The zero-order valence-corrected chi connectivity index (χ0v) is 14.1. The highest BCUT2D eigenvalue weighted by Crippen LogP contribution is 2.09. The molecule has 7 nitrogen and oxygen atoms in total. The molecule has 0 aliphatic rings. The zero-order valence-electron chi connectivity index (χ0n) is 14.1. The van der Waals surface area contributed by atoms with E-state index < -0.39 is 0 Å². The lowest BCUT2D eigenvalue weighted by Gasteiger charge is -2.21. The smallest absolute Gasteiger partial charge is 0.258 e. The molecular formula is C18H22N2O5. The Morgan fingerprint density at radius 2 is 1.96 bits per heavy atom. The zero-order chi connectivity index (χ0) is 17.9. The summed E-state index contributed by atoms with van der Waals surface area (Å²) in [7, 11) is 0. The second-order valence-corrected chi connectivity index (χ2v) is 5.19. The number of nitrogens with one attached hydrogen (secondary N) is 1. The molecule has 134 valence electrons. The molecule has 1 aromatic heterocycles. The fourth-order valence-electron chi connectivity index (χ4n) is 2.06. The van der Waals surface area contributed by atoms with Crippen molar-refractivity contribution in [2.24, 2.45) is 0 Å². The lowest BCUT2D eigenvalue weighted by molar-refractivity contribution is -0.117. The van der Waals surface area contributed by atoms with Gasteiger partial charge in [0.05, 0.1) is 11.8 Å². The molecule has 0 fully saturated rings. The van der Waals surface area contributed by atoms with Crippen LogP contribution in [0, 0.1) is 0 Å². The molecule has 2 aromatic rings. The predicted molar refractivity (Wildman–Crippen MR) is 91.9 cm³/mol. The van der Waals surface area contributed by atoms with Crippen molar-refractivity contribution in [3.63, 3.8) is 0 Å². The van der Waals surface area contributed by atoms with Gasteiger partial charge in [0.25, 0.3) is 5.91 Å². The normalized spacial score (nSPS) is 10.4. The van der Waals surface area contributed by atoms with Crippen molar-refractivity contribution < 1.29 is 23.5 Å². The number of rotatable bonds is 10. The quantitative estimate of drug-likeness (QED) is 0.528. The summed E-state index contributed by atoms with van der Waals surface area (Å²) in [6.45, 7) is 2.71. The third kappa shape index (κ3) is 6.40. The molecule has 0 aliphatic heterocycles. The molecule has 7 heteroatoms. The number of ether oxygens (including phenoxy) is 2. The van der Waals surface area contributed by atoms with Crippen LogP contribution in [0.4, 0.5) is 5.69 Å². The van der Waals surface area contributed by atoms with E-state index in [0.29, 0.717) is 17.9 Å². The molecule has 0 saturated carbocycles. The molecule has 0 spiro atoms. The third-order valence-corrected chi connectivity index (χ3v) is 3.34. The Kier molecular flexibility index (Phi) is 7.68. The van der Waals surface area contributed by atoms with Crippen LogP contribution in [-0.2, 0) is 14.3 Å². The monoisotopic (exact) mass is 346 g/mol. The number of carbonyl (C=O) groups excluding carboxylic acids is 2. The van der Waals surface area contributed by atoms with Gasteiger partial charge >= 0.3 is 0 Å². The van der Waals surface area contributed by atoms with Crippen molar-refractivity contribution in [2.45, 2.75) is 13.3 Å². The summed E-state index contributed by atoms with van der Waals surface area (Å²) in [5, 5.41) is 2.79. The number of hydrogen-bond acceptors (Lipinski definition) is 5. The van der Waals surface area contributed by atoms with E-state index in [1.165, 1.54) is 17.4 Å². The molecule has 0 aliphatic carbocycles. The summed E-state index contributed by atoms with van der Waals surface area (Å²) in [5.74, 6) is -0.446.